The van der Waals surface area contributed by atoms with Gasteiger partial charge < -0.3 is 10.1 Å². The fourth-order valence-corrected chi connectivity index (χ4v) is 2.28. The minimum Gasteiger partial charge on any atom is -0.379 e. The number of hydrogen-bond acceptors (Lipinski definition) is 4. The normalized spacial score (nSPS) is 22.4. The van der Waals surface area contributed by atoms with Gasteiger partial charge in [-0.05, 0) is 20.8 Å². The van der Waals surface area contributed by atoms with Crippen LogP contribution < -0.4 is 5.32 Å². The van der Waals surface area contributed by atoms with Crippen molar-refractivity contribution in [2.24, 2.45) is 0 Å². The molecule has 0 radical (unpaired) electrons. The molecule has 1 aliphatic rings. The molecule has 1 aliphatic heterocycles. The van der Waals surface area contributed by atoms with E-state index >= 15 is 0 Å². The number of nitriles is 1. The Morgan fingerprint density at radius 2 is 1.88 bits per heavy atom. The van der Waals surface area contributed by atoms with Gasteiger partial charge in [-0.2, -0.15) is 5.26 Å². The third-order valence-corrected chi connectivity index (χ3v) is 3.38. The summed E-state index contributed by atoms with van der Waals surface area (Å²) in [7, 11) is 1.70. The first-order valence-corrected chi connectivity index (χ1v) is 5.86. The van der Waals surface area contributed by atoms with E-state index in [9.17, 15) is 5.26 Å². The predicted molar refractivity (Wildman–Crippen MR) is 64.2 cm³/mol. The van der Waals surface area contributed by atoms with Crippen LogP contribution in [0, 0.1) is 11.3 Å². The van der Waals surface area contributed by atoms with Gasteiger partial charge in [0.05, 0.1) is 11.7 Å². The first-order chi connectivity index (χ1) is 7.43. The lowest BCUT2D eigenvalue weighted by Crippen LogP contribution is -2.56. The maximum atomic E-state index is 9.43. The Morgan fingerprint density at radius 1 is 1.31 bits per heavy atom. The minimum absolute atomic E-state index is 0.255. The molecule has 4 nitrogen and oxygen atoms in total. The van der Waals surface area contributed by atoms with Gasteiger partial charge in [-0.1, -0.05) is 0 Å². The zero-order chi connectivity index (χ0) is 12.2. The molecule has 1 rings (SSSR count). The number of nitrogens with one attached hydrogen (secondary N) is 1. The average Bonchev–Trinajstić information content (AvgIpc) is 2.29. The van der Waals surface area contributed by atoms with Gasteiger partial charge in [-0.25, -0.2) is 0 Å². The maximum absolute atomic E-state index is 9.43. The van der Waals surface area contributed by atoms with Crippen molar-refractivity contribution in [3.8, 4) is 6.07 Å². The van der Waals surface area contributed by atoms with Crippen LogP contribution in [0.3, 0.4) is 0 Å². The van der Waals surface area contributed by atoms with Crippen LogP contribution in [-0.4, -0.2) is 49.3 Å². The first kappa shape index (κ1) is 13.4. The van der Waals surface area contributed by atoms with Gasteiger partial charge in [0, 0.05) is 39.7 Å². The molecular weight excluding hydrogens is 202 g/mol. The van der Waals surface area contributed by atoms with Crippen molar-refractivity contribution in [1.82, 2.24) is 10.2 Å². The summed E-state index contributed by atoms with van der Waals surface area (Å²) in [4.78, 5) is 2.25. The lowest BCUT2D eigenvalue weighted by Gasteiger charge is -2.42. The zero-order valence-corrected chi connectivity index (χ0v) is 10.8. The Kier molecular flexibility index (Phi) is 4.31. The largest absolute Gasteiger partial charge is 0.379 e. The smallest absolute Gasteiger partial charge is 0.109 e. The molecule has 1 N–H and O–H groups in total. The van der Waals surface area contributed by atoms with Crippen LogP contribution in [0.2, 0.25) is 0 Å². The quantitative estimate of drug-likeness (QED) is 0.775. The molecule has 1 saturated heterocycles. The van der Waals surface area contributed by atoms with Crippen LogP contribution in [0.1, 0.15) is 27.2 Å². The summed E-state index contributed by atoms with van der Waals surface area (Å²) < 4.78 is 5.43. The monoisotopic (exact) mass is 225 g/mol. The fourth-order valence-electron chi connectivity index (χ4n) is 2.28. The van der Waals surface area contributed by atoms with E-state index in [0.29, 0.717) is 0 Å². The van der Waals surface area contributed by atoms with Crippen molar-refractivity contribution < 1.29 is 4.74 Å². The van der Waals surface area contributed by atoms with Crippen LogP contribution in [0.25, 0.3) is 0 Å². The molecule has 0 aliphatic carbocycles. The molecule has 16 heavy (non-hydrogen) atoms. The van der Waals surface area contributed by atoms with Crippen LogP contribution in [-0.2, 0) is 4.74 Å². The number of rotatable bonds is 4. The van der Waals surface area contributed by atoms with Crippen LogP contribution in [0.5, 0.6) is 0 Å². The minimum atomic E-state index is -0.429. The Bertz CT molecular complexity index is 266. The summed E-state index contributed by atoms with van der Waals surface area (Å²) in [6.07, 6.45) is 0.729. The molecule has 1 unspecified atom stereocenters. The fraction of sp³-hybridized carbons (Fsp3) is 0.917. The number of ether oxygens (including phenoxy) is 1. The van der Waals surface area contributed by atoms with Gasteiger partial charge in [0.15, 0.2) is 0 Å². The Labute approximate surface area is 98.6 Å². The maximum Gasteiger partial charge on any atom is 0.109 e. The van der Waals surface area contributed by atoms with Gasteiger partial charge in [-0.3, -0.25) is 4.90 Å². The predicted octanol–water partition coefficient (Wildman–Crippen LogP) is 0.989. The van der Waals surface area contributed by atoms with E-state index in [1.54, 1.807) is 7.11 Å². The highest BCUT2D eigenvalue weighted by atomic mass is 16.5. The molecule has 92 valence electrons. The van der Waals surface area contributed by atoms with Crippen molar-refractivity contribution in [2.45, 2.75) is 38.3 Å². The summed E-state index contributed by atoms with van der Waals surface area (Å²) in [6.45, 7) is 9.87. The summed E-state index contributed by atoms with van der Waals surface area (Å²) in [5.41, 5.74) is -0.684. The zero-order valence-electron chi connectivity index (χ0n) is 10.8. The van der Waals surface area contributed by atoms with Gasteiger partial charge in [0.25, 0.3) is 0 Å². The van der Waals surface area contributed by atoms with E-state index < -0.39 is 5.54 Å². The topological polar surface area (TPSA) is 48.3 Å². The van der Waals surface area contributed by atoms with Crippen LogP contribution in [0.4, 0.5) is 0 Å². The molecule has 0 aromatic heterocycles. The van der Waals surface area contributed by atoms with Crippen molar-refractivity contribution in [1.29, 1.82) is 5.26 Å². The van der Waals surface area contributed by atoms with Gasteiger partial charge in [0.2, 0.25) is 0 Å². The summed E-state index contributed by atoms with van der Waals surface area (Å²) in [5, 5.41) is 12.7. The Hall–Kier alpha value is -0.630. The highest BCUT2D eigenvalue weighted by Gasteiger charge is 2.38. The van der Waals surface area contributed by atoms with Crippen LogP contribution >= 0.6 is 0 Å². The number of methoxy groups -OCH3 is 1. The van der Waals surface area contributed by atoms with Crippen molar-refractivity contribution in [3.63, 3.8) is 0 Å². The Balaban J connectivity index is 2.72. The van der Waals surface area contributed by atoms with Gasteiger partial charge >= 0.3 is 0 Å². The molecule has 0 saturated carbocycles. The number of nitrogens with zero attached hydrogens (tertiary/aromatic N) is 2. The van der Waals surface area contributed by atoms with E-state index in [2.05, 4.69) is 16.3 Å². The van der Waals surface area contributed by atoms with Gasteiger partial charge in [0.1, 0.15) is 5.54 Å². The lowest BCUT2D eigenvalue weighted by atomic mass is 9.87. The van der Waals surface area contributed by atoms with E-state index in [4.69, 9.17) is 4.74 Å². The second-order valence-corrected chi connectivity index (χ2v) is 5.26. The second-order valence-electron chi connectivity index (χ2n) is 5.26. The third kappa shape index (κ3) is 3.18. The first-order valence-electron chi connectivity index (χ1n) is 5.86. The molecule has 0 aromatic rings. The summed E-state index contributed by atoms with van der Waals surface area (Å²) in [6, 6.07) is 2.46. The second kappa shape index (κ2) is 5.13. The number of piperazine rings is 1. The molecule has 1 fully saturated rings. The molecule has 1 heterocycles. The van der Waals surface area contributed by atoms with Crippen LogP contribution in [0.15, 0.2) is 0 Å². The highest BCUT2D eigenvalue weighted by molar-refractivity contribution is 5.08. The average molecular weight is 225 g/mol. The molecular formula is C12H23N3O. The van der Waals surface area contributed by atoms with Gasteiger partial charge in [-0.15, -0.1) is 0 Å². The van der Waals surface area contributed by atoms with Crippen molar-refractivity contribution >= 4 is 0 Å². The molecule has 1 atom stereocenters. The lowest BCUT2D eigenvalue weighted by molar-refractivity contribution is -0.0233. The van der Waals surface area contributed by atoms with Crippen molar-refractivity contribution in [3.05, 3.63) is 0 Å². The summed E-state index contributed by atoms with van der Waals surface area (Å²) >= 11 is 0. The SMILES string of the molecule is COC(C)(C)CC(C)(C#N)N1CCNCC1. The van der Waals surface area contributed by atoms with E-state index in [-0.39, 0.29) is 5.60 Å². The van der Waals surface area contributed by atoms with E-state index in [1.807, 2.05) is 20.8 Å². The molecule has 0 spiro atoms. The Morgan fingerprint density at radius 3 is 2.31 bits per heavy atom. The molecule has 0 aromatic carbocycles. The number of hydrogen-bond donors (Lipinski definition) is 1. The van der Waals surface area contributed by atoms with E-state index in [0.717, 1.165) is 32.6 Å². The standard InChI is InChI=1S/C12H23N3O/c1-11(2,16-4)9-12(3,10-13)15-7-5-14-6-8-15/h14H,5-9H2,1-4H3. The summed E-state index contributed by atoms with van der Waals surface area (Å²) in [5.74, 6) is 0. The van der Waals surface area contributed by atoms with E-state index in [1.165, 1.54) is 0 Å². The molecule has 0 bridgehead atoms. The highest BCUT2D eigenvalue weighted by Crippen LogP contribution is 2.28. The molecule has 4 heteroatoms. The molecule has 0 amide bonds. The van der Waals surface area contributed by atoms with Crippen molar-refractivity contribution in [2.75, 3.05) is 33.3 Å². The third-order valence-electron chi connectivity index (χ3n) is 3.38.